The van der Waals surface area contributed by atoms with Crippen molar-refractivity contribution < 1.29 is 14.3 Å². The minimum Gasteiger partial charge on any atom is -0.478 e. The van der Waals surface area contributed by atoms with Gasteiger partial charge in [0.05, 0.1) is 6.54 Å². The Morgan fingerprint density at radius 1 is 1.30 bits per heavy atom. The highest BCUT2D eigenvalue weighted by Crippen LogP contribution is 2.17. The Labute approximate surface area is 118 Å². The Morgan fingerprint density at radius 2 is 2.00 bits per heavy atom. The zero-order valence-corrected chi connectivity index (χ0v) is 11.8. The van der Waals surface area contributed by atoms with Gasteiger partial charge in [-0.25, -0.2) is 4.79 Å². The third-order valence-electron chi connectivity index (χ3n) is 3.16. The number of carboxylic acid groups (broad SMARTS) is 1. The van der Waals surface area contributed by atoms with Gasteiger partial charge in [-0.05, 0) is 37.1 Å². The molecule has 0 saturated carbocycles. The van der Waals surface area contributed by atoms with E-state index in [9.17, 15) is 4.79 Å². The molecule has 1 heterocycles. The second-order valence-corrected chi connectivity index (χ2v) is 4.79. The molecular formula is C16H19NO3. The summed E-state index contributed by atoms with van der Waals surface area (Å²) >= 11 is 0. The van der Waals surface area contributed by atoms with E-state index < -0.39 is 5.97 Å². The number of aryl methyl sites for hydroxylation is 2. The molecule has 106 valence electrons. The van der Waals surface area contributed by atoms with Crippen LogP contribution in [0.1, 0.15) is 40.8 Å². The Kier molecular flexibility index (Phi) is 4.45. The SMILES string of the molecule is CCCc1ccc(NCc2cc(C(=O)O)c(C)o2)cc1. The number of hydrogen-bond acceptors (Lipinski definition) is 3. The number of benzene rings is 1. The maximum atomic E-state index is 10.9. The van der Waals surface area contributed by atoms with E-state index in [0.717, 1.165) is 18.5 Å². The van der Waals surface area contributed by atoms with Gasteiger partial charge in [-0.1, -0.05) is 25.5 Å². The summed E-state index contributed by atoms with van der Waals surface area (Å²) in [4.78, 5) is 10.9. The van der Waals surface area contributed by atoms with Gasteiger partial charge in [-0.3, -0.25) is 0 Å². The predicted molar refractivity (Wildman–Crippen MR) is 78.2 cm³/mol. The van der Waals surface area contributed by atoms with Gasteiger partial charge in [0, 0.05) is 5.69 Å². The Hall–Kier alpha value is -2.23. The normalized spacial score (nSPS) is 10.5. The molecule has 4 heteroatoms. The van der Waals surface area contributed by atoms with Gasteiger partial charge in [-0.2, -0.15) is 0 Å². The number of carbonyl (C=O) groups is 1. The molecule has 0 aliphatic rings. The van der Waals surface area contributed by atoms with Gasteiger partial charge < -0.3 is 14.8 Å². The fourth-order valence-corrected chi connectivity index (χ4v) is 2.11. The summed E-state index contributed by atoms with van der Waals surface area (Å²) in [7, 11) is 0. The molecular weight excluding hydrogens is 254 g/mol. The van der Waals surface area contributed by atoms with Gasteiger partial charge in [0.2, 0.25) is 0 Å². The van der Waals surface area contributed by atoms with Crippen molar-refractivity contribution in [3.05, 3.63) is 53.0 Å². The van der Waals surface area contributed by atoms with Crippen LogP contribution in [0.5, 0.6) is 0 Å². The lowest BCUT2D eigenvalue weighted by molar-refractivity contribution is 0.0695. The van der Waals surface area contributed by atoms with Crippen molar-refractivity contribution in [3.63, 3.8) is 0 Å². The first-order valence-electron chi connectivity index (χ1n) is 6.75. The van der Waals surface area contributed by atoms with E-state index in [1.165, 1.54) is 5.56 Å². The molecule has 4 nitrogen and oxygen atoms in total. The zero-order valence-electron chi connectivity index (χ0n) is 11.8. The molecule has 0 atom stereocenters. The minimum atomic E-state index is -0.957. The van der Waals surface area contributed by atoms with Crippen LogP contribution in [0.15, 0.2) is 34.7 Å². The molecule has 2 aromatic rings. The summed E-state index contributed by atoms with van der Waals surface area (Å²) in [6.45, 7) is 4.29. The van der Waals surface area contributed by atoms with Gasteiger partial charge >= 0.3 is 5.97 Å². The second-order valence-electron chi connectivity index (χ2n) is 4.79. The fourth-order valence-electron chi connectivity index (χ4n) is 2.11. The number of rotatable bonds is 6. The largest absolute Gasteiger partial charge is 0.478 e. The molecule has 20 heavy (non-hydrogen) atoms. The number of carboxylic acids is 1. The zero-order chi connectivity index (χ0) is 14.5. The summed E-state index contributed by atoms with van der Waals surface area (Å²) < 4.78 is 5.42. The number of furan rings is 1. The smallest absolute Gasteiger partial charge is 0.339 e. The van der Waals surface area contributed by atoms with Crippen LogP contribution in [-0.2, 0) is 13.0 Å². The van der Waals surface area contributed by atoms with Crippen molar-refractivity contribution in [1.29, 1.82) is 0 Å². The van der Waals surface area contributed by atoms with Crippen molar-refractivity contribution in [3.8, 4) is 0 Å². The van der Waals surface area contributed by atoms with Gasteiger partial charge in [0.1, 0.15) is 17.1 Å². The Bertz CT molecular complexity index is 584. The first-order valence-corrected chi connectivity index (χ1v) is 6.75. The van der Waals surface area contributed by atoms with Crippen LogP contribution in [0.3, 0.4) is 0 Å². The average molecular weight is 273 g/mol. The third-order valence-corrected chi connectivity index (χ3v) is 3.16. The van der Waals surface area contributed by atoms with Crippen LogP contribution in [0.2, 0.25) is 0 Å². The number of aromatic carboxylic acids is 1. The lowest BCUT2D eigenvalue weighted by atomic mass is 10.1. The van der Waals surface area contributed by atoms with Crippen molar-refractivity contribution in [2.45, 2.75) is 33.2 Å². The van der Waals surface area contributed by atoms with Crippen molar-refractivity contribution in [2.75, 3.05) is 5.32 Å². The van der Waals surface area contributed by atoms with Gasteiger partial charge in [0.25, 0.3) is 0 Å². The summed E-state index contributed by atoms with van der Waals surface area (Å²) in [6.07, 6.45) is 2.22. The fraction of sp³-hybridized carbons (Fsp3) is 0.312. The van der Waals surface area contributed by atoms with E-state index in [1.54, 1.807) is 13.0 Å². The van der Waals surface area contributed by atoms with Crippen molar-refractivity contribution in [2.24, 2.45) is 0 Å². The molecule has 0 bridgehead atoms. The maximum absolute atomic E-state index is 10.9. The van der Waals surface area contributed by atoms with Crippen LogP contribution in [0.25, 0.3) is 0 Å². The Morgan fingerprint density at radius 3 is 2.55 bits per heavy atom. The van der Waals surface area contributed by atoms with E-state index in [0.29, 0.717) is 18.1 Å². The summed E-state index contributed by atoms with van der Waals surface area (Å²) in [6, 6.07) is 9.82. The molecule has 0 amide bonds. The third kappa shape index (κ3) is 3.41. The maximum Gasteiger partial charge on any atom is 0.339 e. The van der Waals surface area contributed by atoms with Crippen LogP contribution < -0.4 is 5.32 Å². The van der Waals surface area contributed by atoms with Crippen molar-refractivity contribution >= 4 is 11.7 Å². The molecule has 2 N–H and O–H groups in total. The van der Waals surface area contributed by atoms with Crippen LogP contribution in [0, 0.1) is 6.92 Å². The molecule has 0 fully saturated rings. The highest BCUT2D eigenvalue weighted by atomic mass is 16.4. The highest BCUT2D eigenvalue weighted by Gasteiger charge is 2.13. The average Bonchev–Trinajstić information content (AvgIpc) is 2.80. The topological polar surface area (TPSA) is 62.5 Å². The molecule has 1 aromatic heterocycles. The molecule has 2 rings (SSSR count). The predicted octanol–water partition coefficient (Wildman–Crippen LogP) is 3.85. The molecule has 0 aliphatic carbocycles. The van der Waals surface area contributed by atoms with Crippen LogP contribution >= 0.6 is 0 Å². The Balaban J connectivity index is 1.98. The van der Waals surface area contributed by atoms with Crippen LogP contribution in [-0.4, -0.2) is 11.1 Å². The lowest BCUT2D eigenvalue weighted by Crippen LogP contribution is -1.98. The van der Waals surface area contributed by atoms with Gasteiger partial charge in [-0.15, -0.1) is 0 Å². The monoisotopic (exact) mass is 273 g/mol. The first kappa shape index (κ1) is 14.2. The molecule has 0 aliphatic heterocycles. The molecule has 0 radical (unpaired) electrons. The quantitative estimate of drug-likeness (QED) is 0.839. The highest BCUT2D eigenvalue weighted by molar-refractivity contribution is 5.88. The van der Waals surface area contributed by atoms with E-state index in [2.05, 4.69) is 24.4 Å². The summed E-state index contributed by atoms with van der Waals surface area (Å²) in [5.74, 6) is 0.103. The van der Waals surface area contributed by atoms with E-state index in [1.807, 2.05) is 12.1 Å². The molecule has 0 unspecified atom stereocenters. The number of anilines is 1. The second kappa shape index (κ2) is 6.28. The van der Waals surface area contributed by atoms with Crippen molar-refractivity contribution in [1.82, 2.24) is 0 Å². The van der Waals surface area contributed by atoms with E-state index in [4.69, 9.17) is 9.52 Å². The standard InChI is InChI=1S/C16H19NO3/c1-3-4-12-5-7-13(8-6-12)17-10-14-9-15(16(18)19)11(2)20-14/h5-9,17H,3-4,10H2,1-2H3,(H,18,19). The van der Waals surface area contributed by atoms with Gasteiger partial charge in [0.15, 0.2) is 0 Å². The lowest BCUT2D eigenvalue weighted by Gasteiger charge is -2.05. The van der Waals surface area contributed by atoms with E-state index >= 15 is 0 Å². The number of hydrogen-bond donors (Lipinski definition) is 2. The molecule has 0 saturated heterocycles. The molecule has 0 spiro atoms. The summed E-state index contributed by atoms with van der Waals surface area (Å²) in [5.41, 5.74) is 2.54. The van der Waals surface area contributed by atoms with E-state index in [-0.39, 0.29) is 5.56 Å². The minimum absolute atomic E-state index is 0.222. The molecule has 1 aromatic carbocycles. The first-order chi connectivity index (χ1) is 9.60. The summed E-state index contributed by atoms with van der Waals surface area (Å²) in [5, 5.41) is 12.2. The van der Waals surface area contributed by atoms with Crippen LogP contribution in [0.4, 0.5) is 5.69 Å². The number of nitrogens with one attached hydrogen (secondary N) is 1.